The quantitative estimate of drug-likeness (QED) is 0.341. The Balaban J connectivity index is 1.55. The molecular formula is C27H32BrN5O5S. The molecule has 1 amide bonds. The largest absolute Gasteiger partial charge is 0.444 e. The number of benzene rings is 1. The number of fused-ring (bicyclic) bond motifs is 3. The third-order valence-electron chi connectivity index (χ3n) is 7.30. The van der Waals surface area contributed by atoms with E-state index in [0.29, 0.717) is 46.7 Å². The van der Waals surface area contributed by atoms with Gasteiger partial charge in [0.05, 0.1) is 22.1 Å². The molecule has 1 fully saturated rings. The summed E-state index contributed by atoms with van der Waals surface area (Å²) in [7, 11) is -2.25. The molecule has 0 bridgehead atoms. The van der Waals surface area contributed by atoms with Gasteiger partial charge in [0, 0.05) is 24.0 Å². The Morgan fingerprint density at radius 1 is 1.18 bits per heavy atom. The summed E-state index contributed by atoms with van der Waals surface area (Å²) in [5.41, 5.74) is 0.262. The van der Waals surface area contributed by atoms with Crippen molar-refractivity contribution in [1.82, 2.24) is 23.4 Å². The molecule has 1 N–H and O–H groups in total. The van der Waals surface area contributed by atoms with Crippen molar-refractivity contribution >= 4 is 54.1 Å². The standard InChI is InChI=1S/C27H32BrN5O5S/c1-26(2,3)38-24(34)30-27(4)13-11-17(12-14-27)32-22-19-15-21(28)33(39(36,37)18-9-7-6-8-10-18)23(19)29-16-20(22)31(5)25(32)35/h6-10,15-17H,11-14H2,1-5H3,(H,30,34). The van der Waals surface area contributed by atoms with E-state index in [2.05, 4.69) is 26.2 Å². The van der Waals surface area contributed by atoms with Crippen molar-refractivity contribution in [3.8, 4) is 0 Å². The monoisotopic (exact) mass is 617 g/mol. The van der Waals surface area contributed by atoms with Gasteiger partial charge in [-0.05, 0) is 87.5 Å². The zero-order valence-corrected chi connectivity index (χ0v) is 25.0. The number of aromatic nitrogens is 4. The Morgan fingerprint density at radius 2 is 1.82 bits per heavy atom. The zero-order valence-electron chi connectivity index (χ0n) is 22.6. The van der Waals surface area contributed by atoms with E-state index in [1.807, 2.05) is 27.7 Å². The minimum absolute atomic E-state index is 0.131. The van der Waals surface area contributed by atoms with E-state index in [-0.39, 0.29) is 22.3 Å². The first-order chi connectivity index (χ1) is 18.2. The van der Waals surface area contributed by atoms with E-state index in [0.717, 1.165) is 0 Å². The molecule has 1 saturated carbocycles. The van der Waals surface area contributed by atoms with Crippen LogP contribution in [0.1, 0.15) is 59.4 Å². The lowest BCUT2D eigenvalue weighted by molar-refractivity contribution is 0.0427. The van der Waals surface area contributed by atoms with Crippen molar-refractivity contribution in [2.45, 2.75) is 75.5 Å². The van der Waals surface area contributed by atoms with Gasteiger partial charge in [-0.15, -0.1) is 0 Å². The molecule has 3 heterocycles. The van der Waals surface area contributed by atoms with Crippen LogP contribution in [-0.4, -0.2) is 43.7 Å². The predicted octanol–water partition coefficient (Wildman–Crippen LogP) is 5.09. The van der Waals surface area contributed by atoms with Crippen molar-refractivity contribution in [2.75, 3.05) is 0 Å². The molecule has 4 aromatic rings. The van der Waals surface area contributed by atoms with Crippen LogP contribution < -0.4 is 11.0 Å². The van der Waals surface area contributed by atoms with E-state index in [1.165, 1.54) is 16.1 Å². The predicted molar refractivity (Wildman–Crippen MR) is 152 cm³/mol. The van der Waals surface area contributed by atoms with Gasteiger partial charge >= 0.3 is 11.8 Å². The normalized spacial score (nSPS) is 20.4. The van der Waals surface area contributed by atoms with E-state index in [4.69, 9.17) is 4.74 Å². The summed E-state index contributed by atoms with van der Waals surface area (Å²) >= 11 is 3.43. The molecule has 0 spiro atoms. The van der Waals surface area contributed by atoms with Gasteiger partial charge in [0.2, 0.25) is 0 Å². The van der Waals surface area contributed by atoms with Crippen LogP contribution in [0.3, 0.4) is 0 Å². The molecule has 0 saturated heterocycles. The number of imidazole rings is 1. The first-order valence-corrected chi connectivity index (χ1v) is 15.0. The third-order valence-corrected chi connectivity index (χ3v) is 9.84. The lowest BCUT2D eigenvalue weighted by Gasteiger charge is -2.38. The van der Waals surface area contributed by atoms with Crippen LogP contribution in [0.5, 0.6) is 0 Å². The number of carbonyl (C=O) groups excluding carboxylic acids is 1. The molecule has 1 aliphatic carbocycles. The van der Waals surface area contributed by atoms with Gasteiger partial charge in [0.15, 0.2) is 5.65 Å². The average Bonchev–Trinajstić information content (AvgIpc) is 3.32. The molecule has 12 heteroatoms. The fourth-order valence-electron chi connectivity index (χ4n) is 5.37. The van der Waals surface area contributed by atoms with E-state index in [1.54, 1.807) is 46.6 Å². The second-order valence-corrected chi connectivity index (χ2v) is 14.0. The van der Waals surface area contributed by atoms with E-state index < -0.39 is 27.3 Å². The van der Waals surface area contributed by atoms with Crippen LogP contribution in [0.15, 0.2) is 56.9 Å². The SMILES string of the molecule is Cn1c(=O)n(C2CCC(C)(NC(=O)OC(C)(C)C)CC2)c2c3cc(Br)n(S(=O)(=O)c4ccccc4)c3ncc21. The molecule has 0 radical (unpaired) electrons. The Kier molecular flexibility index (Phi) is 6.69. The number of pyridine rings is 1. The number of halogens is 1. The van der Waals surface area contributed by atoms with Crippen molar-refractivity contribution in [3.63, 3.8) is 0 Å². The highest BCUT2D eigenvalue weighted by molar-refractivity contribution is 9.10. The van der Waals surface area contributed by atoms with Gasteiger partial charge in [0.25, 0.3) is 10.0 Å². The van der Waals surface area contributed by atoms with E-state index in [9.17, 15) is 18.0 Å². The number of aryl methyl sites for hydroxylation is 1. The molecule has 0 unspecified atom stereocenters. The molecule has 3 aromatic heterocycles. The highest BCUT2D eigenvalue weighted by Gasteiger charge is 2.36. The zero-order chi connectivity index (χ0) is 28.3. The number of alkyl carbamates (subject to hydrolysis) is 1. The van der Waals surface area contributed by atoms with Crippen molar-refractivity contribution < 1.29 is 17.9 Å². The van der Waals surface area contributed by atoms with Crippen molar-refractivity contribution in [2.24, 2.45) is 7.05 Å². The van der Waals surface area contributed by atoms with Gasteiger partial charge in [-0.2, -0.15) is 0 Å². The maximum absolute atomic E-state index is 13.5. The molecule has 208 valence electrons. The Hall–Kier alpha value is -3.12. The molecule has 10 nitrogen and oxygen atoms in total. The van der Waals surface area contributed by atoms with Gasteiger partial charge < -0.3 is 10.1 Å². The fourth-order valence-corrected chi connectivity index (χ4v) is 7.70. The summed E-state index contributed by atoms with van der Waals surface area (Å²) in [5.74, 6) is 0. The number of hydrogen-bond acceptors (Lipinski definition) is 6. The Labute approximate surface area is 235 Å². The van der Waals surface area contributed by atoms with Crippen molar-refractivity contribution in [1.29, 1.82) is 0 Å². The first kappa shape index (κ1) is 27.4. The van der Waals surface area contributed by atoms with Crippen LogP contribution in [0.2, 0.25) is 0 Å². The number of carbonyl (C=O) groups is 1. The smallest absolute Gasteiger partial charge is 0.408 e. The number of ether oxygens (including phenoxy) is 1. The maximum atomic E-state index is 13.5. The summed E-state index contributed by atoms with van der Waals surface area (Å²) in [6.45, 7) is 7.47. The van der Waals surface area contributed by atoms with Gasteiger partial charge in [-0.3, -0.25) is 9.13 Å². The molecule has 1 aliphatic rings. The second kappa shape index (κ2) is 9.51. The fraction of sp³-hybridized carbons (Fsp3) is 0.444. The number of nitrogens with zero attached hydrogens (tertiary/aromatic N) is 4. The molecule has 5 rings (SSSR count). The van der Waals surface area contributed by atoms with Crippen LogP contribution in [0.4, 0.5) is 4.79 Å². The number of rotatable bonds is 4. The minimum atomic E-state index is -3.94. The van der Waals surface area contributed by atoms with Crippen LogP contribution in [-0.2, 0) is 21.8 Å². The molecule has 0 atom stereocenters. The molecule has 0 aliphatic heterocycles. The third kappa shape index (κ3) is 4.88. The summed E-state index contributed by atoms with van der Waals surface area (Å²) in [4.78, 5) is 30.6. The molecular weight excluding hydrogens is 586 g/mol. The van der Waals surface area contributed by atoms with Crippen LogP contribution >= 0.6 is 15.9 Å². The molecule has 39 heavy (non-hydrogen) atoms. The summed E-state index contributed by atoms with van der Waals surface area (Å²) in [6, 6.07) is 9.74. The van der Waals surface area contributed by atoms with Gasteiger partial charge in [0.1, 0.15) is 10.2 Å². The van der Waals surface area contributed by atoms with Gasteiger partial charge in [-0.1, -0.05) is 18.2 Å². The number of nitrogens with one attached hydrogen (secondary N) is 1. The lowest BCUT2D eigenvalue weighted by Crippen LogP contribution is -2.50. The summed E-state index contributed by atoms with van der Waals surface area (Å²) < 4.78 is 37.3. The Bertz CT molecular complexity index is 1740. The van der Waals surface area contributed by atoms with Crippen molar-refractivity contribution in [3.05, 3.63) is 57.7 Å². The van der Waals surface area contributed by atoms with Crippen LogP contribution in [0.25, 0.3) is 22.1 Å². The highest BCUT2D eigenvalue weighted by Crippen LogP contribution is 2.38. The first-order valence-electron chi connectivity index (χ1n) is 12.8. The van der Waals surface area contributed by atoms with Gasteiger partial charge in [-0.25, -0.2) is 27.0 Å². The topological polar surface area (TPSA) is 117 Å². The molecule has 1 aromatic carbocycles. The number of amides is 1. The highest BCUT2D eigenvalue weighted by atomic mass is 79.9. The average molecular weight is 619 g/mol. The maximum Gasteiger partial charge on any atom is 0.408 e. The number of hydrogen-bond donors (Lipinski definition) is 1. The summed E-state index contributed by atoms with van der Waals surface area (Å²) in [5, 5.41) is 3.58. The second-order valence-electron chi connectivity index (χ2n) is 11.4. The lowest BCUT2D eigenvalue weighted by atomic mass is 9.80. The summed E-state index contributed by atoms with van der Waals surface area (Å²) in [6.07, 6.45) is 3.71. The van der Waals surface area contributed by atoms with Crippen LogP contribution in [0, 0.1) is 0 Å². The van der Waals surface area contributed by atoms with E-state index >= 15 is 0 Å². The Morgan fingerprint density at radius 3 is 2.44 bits per heavy atom. The minimum Gasteiger partial charge on any atom is -0.444 e.